The van der Waals surface area contributed by atoms with Crippen LogP contribution < -0.4 is 4.74 Å². The molecule has 17 heavy (non-hydrogen) atoms. The zero-order chi connectivity index (χ0) is 13.0. The zero-order valence-corrected chi connectivity index (χ0v) is 10.9. The Morgan fingerprint density at radius 3 is 2.47 bits per heavy atom. The number of aliphatic carboxylic acids is 1. The van der Waals surface area contributed by atoms with Crippen LogP contribution in [-0.4, -0.2) is 18.2 Å². The lowest BCUT2D eigenvalue weighted by molar-refractivity contribution is -0.139. The molecule has 0 aliphatic rings. The molecule has 0 heterocycles. The van der Waals surface area contributed by atoms with Gasteiger partial charge >= 0.3 is 5.97 Å². The molecule has 1 aromatic rings. The van der Waals surface area contributed by atoms with E-state index < -0.39 is 11.9 Å². The van der Waals surface area contributed by atoms with Gasteiger partial charge in [0.25, 0.3) is 0 Å². The molecule has 94 valence electrons. The first-order valence-corrected chi connectivity index (χ1v) is 5.90. The van der Waals surface area contributed by atoms with Gasteiger partial charge in [0.1, 0.15) is 5.75 Å². The van der Waals surface area contributed by atoms with Crippen LogP contribution in [0.15, 0.2) is 18.2 Å². The molecular formula is C14H20O3. The Balaban J connectivity index is 3.17. The summed E-state index contributed by atoms with van der Waals surface area (Å²) in [4.78, 5) is 11.3. The van der Waals surface area contributed by atoms with Gasteiger partial charge in [0.05, 0.1) is 13.0 Å². The van der Waals surface area contributed by atoms with Gasteiger partial charge in [-0.2, -0.15) is 0 Å². The Kier molecular flexibility index (Phi) is 4.55. The van der Waals surface area contributed by atoms with E-state index in [4.69, 9.17) is 4.74 Å². The van der Waals surface area contributed by atoms with Crippen molar-refractivity contribution in [3.8, 4) is 5.75 Å². The number of hydrogen-bond donors (Lipinski definition) is 1. The summed E-state index contributed by atoms with van der Waals surface area (Å²) in [6.45, 7) is 5.88. The summed E-state index contributed by atoms with van der Waals surface area (Å²) >= 11 is 0. The number of carboxylic acids is 1. The number of methoxy groups -OCH3 is 1. The van der Waals surface area contributed by atoms with Crippen molar-refractivity contribution in [1.82, 2.24) is 0 Å². The molecule has 1 aromatic carbocycles. The van der Waals surface area contributed by atoms with Gasteiger partial charge in [-0.3, -0.25) is 4.79 Å². The lowest BCUT2D eigenvalue weighted by Gasteiger charge is -2.18. The van der Waals surface area contributed by atoms with Crippen molar-refractivity contribution in [2.24, 2.45) is 5.92 Å². The van der Waals surface area contributed by atoms with Crippen LogP contribution in [-0.2, 0) is 11.2 Å². The molecule has 3 heteroatoms. The number of hydrogen-bond acceptors (Lipinski definition) is 2. The van der Waals surface area contributed by atoms with Crippen LogP contribution in [0.1, 0.15) is 37.8 Å². The van der Waals surface area contributed by atoms with Crippen LogP contribution in [0.2, 0.25) is 0 Å². The van der Waals surface area contributed by atoms with Gasteiger partial charge < -0.3 is 9.84 Å². The third-order valence-electron chi connectivity index (χ3n) is 2.98. The molecule has 0 saturated heterocycles. The lowest BCUT2D eigenvalue weighted by atomic mass is 9.87. The molecule has 1 unspecified atom stereocenters. The van der Waals surface area contributed by atoms with E-state index >= 15 is 0 Å². The van der Waals surface area contributed by atoms with Crippen molar-refractivity contribution in [2.75, 3.05) is 7.11 Å². The van der Waals surface area contributed by atoms with Gasteiger partial charge in [-0.05, 0) is 29.5 Å². The van der Waals surface area contributed by atoms with Crippen molar-refractivity contribution in [3.63, 3.8) is 0 Å². The van der Waals surface area contributed by atoms with Crippen LogP contribution in [0.3, 0.4) is 0 Å². The second-order valence-corrected chi connectivity index (χ2v) is 4.48. The SMILES string of the molecule is CCc1cc(C(C(=O)O)C(C)C)ccc1OC. The summed E-state index contributed by atoms with van der Waals surface area (Å²) in [5, 5.41) is 9.26. The maximum atomic E-state index is 11.3. The van der Waals surface area contributed by atoms with Crippen LogP contribution in [0, 0.1) is 5.92 Å². The molecule has 0 spiro atoms. The van der Waals surface area contributed by atoms with Crippen molar-refractivity contribution < 1.29 is 14.6 Å². The monoisotopic (exact) mass is 236 g/mol. The van der Waals surface area contributed by atoms with E-state index in [2.05, 4.69) is 0 Å². The molecule has 1 rings (SSSR count). The molecule has 0 radical (unpaired) electrons. The fourth-order valence-electron chi connectivity index (χ4n) is 2.08. The standard InChI is InChI=1S/C14H20O3/c1-5-10-8-11(6-7-12(10)17-4)13(9(2)3)14(15)16/h6-9,13H,5H2,1-4H3,(H,15,16). The first-order chi connectivity index (χ1) is 8.01. The van der Waals surface area contributed by atoms with Crippen molar-refractivity contribution in [1.29, 1.82) is 0 Å². The highest BCUT2D eigenvalue weighted by Crippen LogP contribution is 2.29. The highest BCUT2D eigenvalue weighted by Gasteiger charge is 2.24. The third-order valence-corrected chi connectivity index (χ3v) is 2.98. The molecule has 3 nitrogen and oxygen atoms in total. The summed E-state index contributed by atoms with van der Waals surface area (Å²) in [6.07, 6.45) is 0.835. The topological polar surface area (TPSA) is 46.5 Å². The summed E-state index contributed by atoms with van der Waals surface area (Å²) in [7, 11) is 1.63. The van der Waals surface area contributed by atoms with E-state index in [0.29, 0.717) is 0 Å². The van der Waals surface area contributed by atoms with Gasteiger partial charge in [-0.25, -0.2) is 0 Å². The Hall–Kier alpha value is -1.51. The van der Waals surface area contributed by atoms with Gasteiger partial charge in [0, 0.05) is 0 Å². The molecule has 1 atom stereocenters. The Labute approximate surface area is 102 Å². The van der Waals surface area contributed by atoms with E-state index in [1.165, 1.54) is 0 Å². The quantitative estimate of drug-likeness (QED) is 0.854. The molecule has 0 aliphatic heterocycles. The molecule has 0 aliphatic carbocycles. The molecule has 0 aromatic heterocycles. The average Bonchev–Trinajstić information content (AvgIpc) is 2.27. The highest BCUT2D eigenvalue weighted by atomic mass is 16.5. The molecule has 0 bridgehead atoms. The van der Waals surface area contributed by atoms with E-state index in [9.17, 15) is 9.90 Å². The summed E-state index contributed by atoms with van der Waals surface area (Å²) < 4.78 is 5.24. The van der Waals surface area contributed by atoms with E-state index in [1.54, 1.807) is 7.11 Å². The van der Waals surface area contributed by atoms with Crippen LogP contribution in [0.4, 0.5) is 0 Å². The minimum absolute atomic E-state index is 0.0746. The first kappa shape index (κ1) is 13.6. The third kappa shape index (κ3) is 2.99. The van der Waals surface area contributed by atoms with Gasteiger partial charge in [0.15, 0.2) is 0 Å². The zero-order valence-electron chi connectivity index (χ0n) is 10.9. The summed E-state index contributed by atoms with van der Waals surface area (Å²) in [6, 6.07) is 5.64. The predicted octanol–water partition coefficient (Wildman–Crippen LogP) is 3.08. The van der Waals surface area contributed by atoms with E-state index in [1.807, 2.05) is 39.0 Å². The molecule has 0 amide bonds. The number of rotatable bonds is 5. The second-order valence-electron chi connectivity index (χ2n) is 4.48. The minimum Gasteiger partial charge on any atom is -0.496 e. The van der Waals surface area contributed by atoms with E-state index in [0.717, 1.165) is 23.3 Å². The van der Waals surface area contributed by atoms with Gasteiger partial charge in [-0.1, -0.05) is 32.9 Å². The minimum atomic E-state index is -0.771. The number of benzene rings is 1. The van der Waals surface area contributed by atoms with Crippen molar-refractivity contribution >= 4 is 5.97 Å². The largest absolute Gasteiger partial charge is 0.496 e. The van der Waals surface area contributed by atoms with Crippen LogP contribution in [0.25, 0.3) is 0 Å². The average molecular weight is 236 g/mol. The normalized spacial score (nSPS) is 12.5. The maximum absolute atomic E-state index is 11.3. The van der Waals surface area contributed by atoms with Gasteiger partial charge in [-0.15, -0.1) is 0 Å². The Morgan fingerprint density at radius 1 is 1.41 bits per heavy atom. The number of carbonyl (C=O) groups is 1. The first-order valence-electron chi connectivity index (χ1n) is 5.90. The Bertz CT molecular complexity index is 396. The lowest BCUT2D eigenvalue weighted by Crippen LogP contribution is -2.17. The Morgan fingerprint density at radius 2 is 2.06 bits per heavy atom. The molecule has 0 saturated carbocycles. The fraction of sp³-hybridized carbons (Fsp3) is 0.500. The maximum Gasteiger partial charge on any atom is 0.311 e. The number of aryl methyl sites for hydroxylation is 1. The highest BCUT2D eigenvalue weighted by molar-refractivity contribution is 5.76. The molecule has 0 fully saturated rings. The molecule has 1 N–H and O–H groups in total. The van der Waals surface area contributed by atoms with Crippen molar-refractivity contribution in [3.05, 3.63) is 29.3 Å². The number of ether oxygens (including phenoxy) is 1. The van der Waals surface area contributed by atoms with Crippen molar-refractivity contribution in [2.45, 2.75) is 33.1 Å². The number of carboxylic acid groups (broad SMARTS) is 1. The van der Waals surface area contributed by atoms with Crippen LogP contribution >= 0.6 is 0 Å². The summed E-state index contributed by atoms with van der Waals surface area (Å²) in [5.41, 5.74) is 1.90. The molecular weight excluding hydrogens is 216 g/mol. The summed E-state index contributed by atoms with van der Waals surface area (Å²) in [5.74, 6) is -0.326. The fourth-order valence-corrected chi connectivity index (χ4v) is 2.08. The van der Waals surface area contributed by atoms with Gasteiger partial charge in [0.2, 0.25) is 0 Å². The van der Waals surface area contributed by atoms with E-state index in [-0.39, 0.29) is 5.92 Å². The predicted molar refractivity (Wildman–Crippen MR) is 67.6 cm³/mol. The second kappa shape index (κ2) is 5.71. The smallest absolute Gasteiger partial charge is 0.311 e. The van der Waals surface area contributed by atoms with Crippen LogP contribution in [0.5, 0.6) is 5.75 Å².